The Balaban J connectivity index is 1.33. The molecule has 1 saturated heterocycles. The van der Waals surface area contributed by atoms with E-state index in [0.717, 1.165) is 28.9 Å². The Kier molecular flexibility index (Phi) is 7.33. The molecule has 3 aromatic carbocycles. The molecule has 1 aliphatic heterocycles. The van der Waals surface area contributed by atoms with Gasteiger partial charge in [-0.3, -0.25) is 9.69 Å². The molecule has 1 N–H and O–H groups in total. The van der Waals surface area contributed by atoms with Crippen LogP contribution in [0.4, 0.5) is 0 Å². The summed E-state index contributed by atoms with van der Waals surface area (Å²) in [5.74, 6) is 1.99. The molecular formula is C30H26N2O4S. The molecule has 4 aromatic rings. The first-order valence-electron chi connectivity index (χ1n) is 11.9. The van der Waals surface area contributed by atoms with Gasteiger partial charge in [-0.15, -0.1) is 0 Å². The second kappa shape index (κ2) is 11.1. The van der Waals surface area contributed by atoms with E-state index < -0.39 is 0 Å². The Morgan fingerprint density at radius 1 is 0.946 bits per heavy atom. The molecule has 6 nitrogen and oxygen atoms in total. The number of para-hydroxylation sites is 1. The second-order valence-electron chi connectivity index (χ2n) is 8.59. The third-order valence-electron chi connectivity index (χ3n) is 6.07. The maximum absolute atomic E-state index is 13.0. The summed E-state index contributed by atoms with van der Waals surface area (Å²) in [5.41, 5.74) is 4.43. The first-order chi connectivity index (χ1) is 18.1. The van der Waals surface area contributed by atoms with Crippen LogP contribution in [0.5, 0.6) is 11.5 Å². The molecule has 0 unspecified atom stereocenters. The van der Waals surface area contributed by atoms with E-state index >= 15 is 0 Å². The third kappa shape index (κ3) is 5.73. The number of ether oxygens (including phenoxy) is 2. The summed E-state index contributed by atoms with van der Waals surface area (Å²) in [6.45, 7) is 0.593. The van der Waals surface area contributed by atoms with Crippen molar-refractivity contribution in [3.05, 3.63) is 125 Å². The number of carbonyl (C=O) groups is 1. The Morgan fingerprint density at radius 3 is 2.54 bits per heavy atom. The summed E-state index contributed by atoms with van der Waals surface area (Å²) in [7, 11) is 1.63. The number of furan rings is 1. The number of thiocarbonyl (C=S) groups is 1. The Labute approximate surface area is 221 Å². The summed E-state index contributed by atoms with van der Waals surface area (Å²) in [4.78, 5) is 14.5. The highest BCUT2D eigenvalue weighted by molar-refractivity contribution is 7.80. The average Bonchev–Trinajstić information content (AvgIpc) is 3.53. The van der Waals surface area contributed by atoms with Crippen molar-refractivity contribution in [1.29, 1.82) is 0 Å². The van der Waals surface area contributed by atoms with Gasteiger partial charge in [0.25, 0.3) is 5.91 Å². The molecule has 37 heavy (non-hydrogen) atoms. The van der Waals surface area contributed by atoms with Crippen molar-refractivity contribution in [2.45, 2.75) is 19.6 Å². The maximum atomic E-state index is 13.0. The van der Waals surface area contributed by atoms with E-state index in [1.165, 1.54) is 10.5 Å². The molecule has 0 bridgehead atoms. The smallest absolute Gasteiger partial charge is 0.276 e. The minimum atomic E-state index is -0.204. The number of benzene rings is 3. The molecule has 0 atom stereocenters. The third-order valence-corrected chi connectivity index (χ3v) is 6.39. The second-order valence-corrected chi connectivity index (χ2v) is 8.98. The van der Waals surface area contributed by atoms with Gasteiger partial charge in [0.05, 0.1) is 19.9 Å². The lowest BCUT2D eigenvalue weighted by molar-refractivity contribution is -0.122. The van der Waals surface area contributed by atoms with Gasteiger partial charge in [-0.25, -0.2) is 0 Å². The lowest BCUT2D eigenvalue weighted by Gasteiger charge is -2.14. The van der Waals surface area contributed by atoms with Crippen LogP contribution in [0.25, 0.3) is 6.08 Å². The van der Waals surface area contributed by atoms with Crippen LogP contribution in [0.3, 0.4) is 0 Å². The van der Waals surface area contributed by atoms with Crippen molar-refractivity contribution in [3.63, 3.8) is 0 Å². The molecule has 0 saturated carbocycles. The van der Waals surface area contributed by atoms with Crippen molar-refractivity contribution in [2.75, 3.05) is 7.11 Å². The highest BCUT2D eigenvalue weighted by Gasteiger charge is 2.31. The minimum Gasteiger partial charge on any atom is -0.496 e. The van der Waals surface area contributed by atoms with E-state index in [2.05, 4.69) is 23.5 Å². The fourth-order valence-corrected chi connectivity index (χ4v) is 4.46. The lowest BCUT2D eigenvalue weighted by Crippen LogP contribution is -2.29. The Bertz CT molecular complexity index is 1430. The van der Waals surface area contributed by atoms with Crippen molar-refractivity contribution < 1.29 is 18.7 Å². The van der Waals surface area contributed by atoms with Crippen LogP contribution in [0, 0.1) is 0 Å². The molecule has 1 amide bonds. The molecule has 1 aliphatic rings. The Hall–Kier alpha value is -4.36. The fraction of sp³-hybridized carbons (Fsp3) is 0.133. The van der Waals surface area contributed by atoms with Crippen LogP contribution in [0.1, 0.15) is 28.0 Å². The molecular weight excluding hydrogens is 484 g/mol. The quantitative estimate of drug-likeness (QED) is 0.230. The van der Waals surface area contributed by atoms with Gasteiger partial charge < -0.3 is 19.2 Å². The molecule has 7 heteroatoms. The summed E-state index contributed by atoms with van der Waals surface area (Å²) in [6.07, 6.45) is 4.13. The largest absolute Gasteiger partial charge is 0.496 e. The van der Waals surface area contributed by atoms with Crippen molar-refractivity contribution in [2.24, 2.45) is 0 Å². The molecule has 1 fully saturated rings. The lowest BCUT2D eigenvalue weighted by atomic mass is 10.0. The molecule has 186 valence electrons. The molecule has 5 rings (SSSR count). The van der Waals surface area contributed by atoms with Gasteiger partial charge in [0.15, 0.2) is 5.11 Å². The molecule has 0 spiro atoms. The van der Waals surface area contributed by atoms with E-state index in [1.807, 2.05) is 60.7 Å². The monoisotopic (exact) mass is 510 g/mol. The van der Waals surface area contributed by atoms with Crippen molar-refractivity contribution in [3.8, 4) is 11.5 Å². The Morgan fingerprint density at radius 2 is 1.76 bits per heavy atom. The van der Waals surface area contributed by atoms with Gasteiger partial charge in [-0.2, -0.15) is 0 Å². The predicted octanol–water partition coefficient (Wildman–Crippen LogP) is 5.72. The fourth-order valence-electron chi connectivity index (χ4n) is 4.20. The van der Waals surface area contributed by atoms with Crippen molar-refractivity contribution in [1.82, 2.24) is 10.2 Å². The van der Waals surface area contributed by atoms with Gasteiger partial charge in [0.2, 0.25) is 0 Å². The number of nitrogens with zero attached hydrogens (tertiary/aromatic N) is 1. The molecule has 0 radical (unpaired) electrons. The van der Waals surface area contributed by atoms with Gasteiger partial charge in [-0.1, -0.05) is 54.6 Å². The summed E-state index contributed by atoms with van der Waals surface area (Å²) < 4.78 is 17.2. The topological polar surface area (TPSA) is 63.9 Å². The molecule has 0 aliphatic carbocycles. The maximum Gasteiger partial charge on any atom is 0.276 e. The summed E-state index contributed by atoms with van der Waals surface area (Å²) in [6, 6.07) is 27.7. The zero-order chi connectivity index (χ0) is 25.6. The van der Waals surface area contributed by atoms with Crippen molar-refractivity contribution >= 4 is 29.3 Å². The van der Waals surface area contributed by atoms with Crippen LogP contribution < -0.4 is 14.8 Å². The van der Waals surface area contributed by atoms with E-state index in [-0.39, 0.29) is 12.5 Å². The van der Waals surface area contributed by atoms with Gasteiger partial charge in [0.1, 0.15) is 29.6 Å². The van der Waals surface area contributed by atoms with Crippen LogP contribution in [-0.2, 0) is 24.4 Å². The first-order valence-corrected chi connectivity index (χ1v) is 12.3. The van der Waals surface area contributed by atoms with Crippen LogP contribution in [-0.4, -0.2) is 23.0 Å². The molecule has 2 heterocycles. The summed E-state index contributed by atoms with van der Waals surface area (Å²) in [5, 5.41) is 3.36. The van der Waals surface area contributed by atoms with E-state index in [0.29, 0.717) is 28.9 Å². The zero-order valence-corrected chi connectivity index (χ0v) is 21.2. The van der Waals surface area contributed by atoms with Crippen LogP contribution in [0.15, 0.2) is 101 Å². The highest BCUT2D eigenvalue weighted by Crippen LogP contribution is 2.27. The molecule has 1 aromatic heterocycles. The summed E-state index contributed by atoms with van der Waals surface area (Å²) >= 11 is 5.38. The van der Waals surface area contributed by atoms with Gasteiger partial charge >= 0.3 is 0 Å². The SMILES string of the molecule is COc1ccc(/C=C2/NC(=S)N(Cc3ccco3)C2=O)cc1COc1ccccc1Cc1ccccc1. The number of hydrogen-bond acceptors (Lipinski definition) is 5. The van der Waals surface area contributed by atoms with Crippen LogP contribution in [0.2, 0.25) is 0 Å². The number of nitrogens with one attached hydrogen (secondary N) is 1. The number of hydrogen-bond donors (Lipinski definition) is 1. The number of rotatable bonds is 9. The number of amides is 1. The van der Waals surface area contributed by atoms with E-state index in [9.17, 15) is 4.79 Å². The first kappa shape index (κ1) is 24.3. The van der Waals surface area contributed by atoms with Gasteiger partial charge in [0, 0.05) is 12.0 Å². The van der Waals surface area contributed by atoms with Gasteiger partial charge in [-0.05, 0) is 65.3 Å². The minimum absolute atomic E-state index is 0.204. The normalized spacial score (nSPS) is 14.2. The van der Waals surface area contributed by atoms with E-state index in [1.54, 1.807) is 25.5 Å². The standard InChI is InChI=1S/C30H26N2O4S/c1-34-27-14-13-22(18-26-29(33)32(30(37)31-26)19-25-11-7-15-35-25)17-24(27)20-36-28-12-6-5-10-23(28)16-21-8-3-2-4-9-21/h2-15,17-18H,16,19-20H2,1H3,(H,31,37)/b26-18+. The number of methoxy groups -OCH3 is 1. The predicted molar refractivity (Wildman–Crippen MR) is 146 cm³/mol. The van der Waals surface area contributed by atoms with E-state index in [4.69, 9.17) is 26.1 Å². The average molecular weight is 511 g/mol. The zero-order valence-electron chi connectivity index (χ0n) is 20.3. The van der Waals surface area contributed by atoms with Crippen LogP contribution >= 0.6 is 12.2 Å². The highest BCUT2D eigenvalue weighted by atomic mass is 32.1. The number of carbonyl (C=O) groups excluding carboxylic acids is 1.